The van der Waals surface area contributed by atoms with Crippen molar-refractivity contribution in [2.45, 2.75) is 33.4 Å². The zero-order valence-corrected chi connectivity index (χ0v) is 19.9. The summed E-state index contributed by atoms with van der Waals surface area (Å²) in [6.45, 7) is 11.4. The molecule has 0 radical (unpaired) electrons. The highest BCUT2D eigenvalue weighted by Crippen LogP contribution is 2.25. The van der Waals surface area contributed by atoms with Gasteiger partial charge in [-0.2, -0.15) is 0 Å². The first-order valence-corrected chi connectivity index (χ1v) is 10.4. The van der Waals surface area contributed by atoms with Crippen LogP contribution in [0.2, 0.25) is 0 Å². The molecule has 2 aromatic rings. The van der Waals surface area contributed by atoms with Crippen LogP contribution < -0.4 is 10.6 Å². The van der Waals surface area contributed by atoms with Gasteiger partial charge in [-0.15, -0.1) is 35.3 Å². The number of aryl methyl sites for hydroxylation is 2. The molecule has 1 aliphatic heterocycles. The number of rotatable bonds is 7. The van der Waals surface area contributed by atoms with E-state index in [4.69, 9.17) is 9.15 Å². The third-order valence-electron chi connectivity index (χ3n) is 4.61. The molecule has 0 spiro atoms. The minimum absolute atomic E-state index is 0. The van der Waals surface area contributed by atoms with Crippen molar-refractivity contribution in [1.82, 2.24) is 20.5 Å². The summed E-state index contributed by atoms with van der Waals surface area (Å²) < 4.78 is 11.1. The maximum absolute atomic E-state index is 5.63. The molecule has 0 saturated carbocycles. The van der Waals surface area contributed by atoms with Crippen LogP contribution in [0.5, 0.6) is 0 Å². The molecule has 156 valence electrons. The summed E-state index contributed by atoms with van der Waals surface area (Å²) in [6.07, 6.45) is 0. The molecule has 1 atom stereocenters. The second-order valence-corrected chi connectivity index (χ2v) is 7.48. The number of oxazole rings is 1. The Hall–Kier alpha value is -1.17. The molecule has 1 fully saturated rings. The van der Waals surface area contributed by atoms with Gasteiger partial charge in [0.2, 0.25) is 5.89 Å². The smallest absolute Gasteiger partial charge is 0.216 e. The molecular weight excluding hydrogens is 489 g/mol. The molecular formula is C19H30IN5O2S. The standard InChI is InChI=1S/C19H29N5O2S.HI/c1-4-20-19(22-13-18-23-14(2)15(3)26-18)21-12-16(17-6-5-11-27-17)24-7-9-25-10-8-24;/h5-6,11,16H,4,7-10,12-13H2,1-3H3,(H2,20,21,22);1H. The molecule has 0 aromatic carbocycles. The fraction of sp³-hybridized carbons (Fsp3) is 0.579. The monoisotopic (exact) mass is 519 g/mol. The average Bonchev–Trinajstić information content (AvgIpc) is 3.31. The Bertz CT molecular complexity index is 709. The van der Waals surface area contributed by atoms with Gasteiger partial charge in [-0.3, -0.25) is 4.90 Å². The summed E-state index contributed by atoms with van der Waals surface area (Å²) in [6, 6.07) is 4.62. The van der Waals surface area contributed by atoms with Crippen molar-refractivity contribution in [2.75, 3.05) is 39.4 Å². The summed E-state index contributed by atoms with van der Waals surface area (Å²) in [5, 5.41) is 8.93. The lowest BCUT2D eigenvalue weighted by atomic mass is 10.2. The van der Waals surface area contributed by atoms with Crippen molar-refractivity contribution in [3.05, 3.63) is 39.7 Å². The van der Waals surface area contributed by atoms with E-state index >= 15 is 0 Å². The molecule has 0 aliphatic carbocycles. The summed E-state index contributed by atoms with van der Waals surface area (Å²) in [7, 11) is 0. The van der Waals surface area contributed by atoms with E-state index in [0.29, 0.717) is 18.5 Å². The van der Waals surface area contributed by atoms with Gasteiger partial charge in [0, 0.05) is 31.1 Å². The topological polar surface area (TPSA) is 74.9 Å². The largest absolute Gasteiger partial charge is 0.444 e. The maximum atomic E-state index is 5.63. The van der Waals surface area contributed by atoms with Crippen molar-refractivity contribution in [3.8, 4) is 0 Å². The van der Waals surface area contributed by atoms with Crippen molar-refractivity contribution < 1.29 is 9.15 Å². The normalized spacial score (nSPS) is 16.5. The molecule has 3 heterocycles. The number of morpholine rings is 1. The SMILES string of the molecule is CCNC(=NCc1nc(C)c(C)o1)NCC(c1cccs1)N1CCOCC1.I. The summed E-state index contributed by atoms with van der Waals surface area (Å²) in [4.78, 5) is 12.9. The Morgan fingerprint density at radius 1 is 1.32 bits per heavy atom. The summed E-state index contributed by atoms with van der Waals surface area (Å²) in [5.41, 5.74) is 0.920. The lowest BCUT2D eigenvalue weighted by molar-refractivity contribution is 0.0177. The molecule has 3 rings (SSSR count). The van der Waals surface area contributed by atoms with Gasteiger partial charge in [0.1, 0.15) is 12.3 Å². The highest BCUT2D eigenvalue weighted by atomic mass is 127. The number of aliphatic imine (C=N–C) groups is 1. The number of halogens is 1. The Morgan fingerprint density at radius 2 is 2.11 bits per heavy atom. The lowest BCUT2D eigenvalue weighted by Gasteiger charge is -2.34. The highest BCUT2D eigenvalue weighted by Gasteiger charge is 2.23. The summed E-state index contributed by atoms with van der Waals surface area (Å²) in [5.74, 6) is 2.27. The summed E-state index contributed by atoms with van der Waals surface area (Å²) >= 11 is 1.80. The fourth-order valence-corrected chi connectivity index (χ4v) is 3.93. The number of nitrogens with one attached hydrogen (secondary N) is 2. The quantitative estimate of drug-likeness (QED) is 0.333. The first-order chi connectivity index (χ1) is 13.2. The van der Waals surface area contributed by atoms with E-state index in [1.807, 2.05) is 13.8 Å². The third kappa shape index (κ3) is 6.43. The van der Waals surface area contributed by atoms with Crippen LogP contribution in [0.1, 0.15) is 35.2 Å². The van der Waals surface area contributed by atoms with E-state index in [9.17, 15) is 0 Å². The van der Waals surface area contributed by atoms with E-state index in [1.165, 1.54) is 4.88 Å². The van der Waals surface area contributed by atoms with E-state index in [-0.39, 0.29) is 24.0 Å². The molecule has 0 amide bonds. The molecule has 0 bridgehead atoms. The first-order valence-electron chi connectivity index (χ1n) is 9.47. The van der Waals surface area contributed by atoms with Crippen LogP contribution in [-0.2, 0) is 11.3 Å². The number of hydrogen-bond donors (Lipinski definition) is 2. The van der Waals surface area contributed by atoms with E-state index in [2.05, 4.69) is 49.9 Å². The van der Waals surface area contributed by atoms with Crippen LogP contribution in [0.25, 0.3) is 0 Å². The molecule has 2 aromatic heterocycles. The molecule has 28 heavy (non-hydrogen) atoms. The van der Waals surface area contributed by atoms with Crippen LogP contribution in [0.3, 0.4) is 0 Å². The minimum atomic E-state index is 0. The maximum Gasteiger partial charge on any atom is 0.216 e. The van der Waals surface area contributed by atoms with E-state index in [1.54, 1.807) is 11.3 Å². The minimum Gasteiger partial charge on any atom is -0.444 e. The molecule has 1 aliphatic rings. The zero-order valence-electron chi connectivity index (χ0n) is 16.7. The van der Waals surface area contributed by atoms with Gasteiger partial charge < -0.3 is 19.8 Å². The van der Waals surface area contributed by atoms with Crippen LogP contribution in [0.15, 0.2) is 26.9 Å². The van der Waals surface area contributed by atoms with Gasteiger partial charge in [-0.1, -0.05) is 6.07 Å². The van der Waals surface area contributed by atoms with Gasteiger partial charge in [0.25, 0.3) is 0 Å². The van der Waals surface area contributed by atoms with Crippen LogP contribution >= 0.6 is 35.3 Å². The van der Waals surface area contributed by atoms with E-state index < -0.39 is 0 Å². The number of hydrogen-bond acceptors (Lipinski definition) is 6. The van der Waals surface area contributed by atoms with Gasteiger partial charge in [0.05, 0.1) is 24.9 Å². The van der Waals surface area contributed by atoms with Crippen molar-refractivity contribution in [2.24, 2.45) is 4.99 Å². The lowest BCUT2D eigenvalue weighted by Crippen LogP contribution is -2.46. The number of ether oxygens (including phenoxy) is 1. The second-order valence-electron chi connectivity index (χ2n) is 6.50. The van der Waals surface area contributed by atoms with E-state index in [0.717, 1.165) is 56.8 Å². The Balaban J connectivity index is 0.00000280. The van der Waals surface area contributed by atoms with Gasteiger partial charge in [-0.25, -0.2) is 9.98 Å². The van der Waals surface area contributed by atoms with Gasteiger partial charge in [-0.05, 0) is 32.2 Å². The Morgan fingerprint density at radius 3 is 2.71 bits per heavy atom. The zero-order chi connectivity index (χ0) is 19.1. The predicted octanol–water partition coefficient (Wildman–Crippen LogP) is 3.10. The second kappa shape index (κ2) is 11.7. The molecule has 2 N–H and O–H groups in total. The molecule has 9 heteroatoms. The van der Waals surface area contributed by atoms with Crippen molar-refractivity contribution in [3.63, 3.8) is 0 Å². The molecule has 1 unspecified atom stereocenters. The number of thiophene rings is 1. The number of nitrogens with zero attached hydrogens (tertiary/aromatic N) is 3. The van der Waals surface area contributed by atoms with Crippen molar-refractivity contribution >= 4 is 41.3 Å². The Labute approximate surface area is 188 Å². The predicted molar refractivity (Wildman–Crippen MR) is 124 cm³/mol. The molecule has 1 saturated heterocycles. The highest BCUT2D eigenvalue weighted by molar-refractivity contribution is 14.0. The Kier molecular flexibility index (Phi) is 9.69. The number of aromatic nitrogens is 1. The van der Waals surface area contributed by atoms with Crippen LogP contribution in [0, 0.1) is 13.8 Å². The van der Waals surface area contributed by atoms with Crippen molar-refractivity contribution in [1.29, 1.82) is 0 Å². The van der Waals surface area contributed by atoms with Gasteiger partial charge in [0.15, 0.2) is 5.96 Å². The van der Waals surface area contributed by atoms with Crippen LogP contribution in [-0.4, -0.2) is 55.2 Å². The first kappa shape index (κ1) is 23.1. The third-order valence-corrected chi connectivity index (χ3v) is 5.58. The average molecular weight is 519 g/mol. The molecule has 7 nitrogen and oxygen atoms in total. The van der Waals surface area contributed by atoms with Crippen LogP contribution in [0.4, 0.5) is 0 Å². The van der Waals surface area contributed by atoms with Gasteiger partial charge >= 0.3 is 0 Å². The number of guanidine groups is 1. The fourth-order valence-electron chi connectivity index (χ4n) is 3.07.